The minimum atomic E-state index is -4.94. The number of oxime groups is 1. The number of hydrogen-bond donors (Lipinski definition) is 1. The predicted molar refractivity (Wildman–Crippen MR) is 128 cm³/mol. The maximum absolute atomic E-state index is 9.94. The zero-order chi connectivity index (χ0) is 25.7. The molecule has 1 heterocycles. The van der Waals surface area contributed by atoms with E-state index in [0.717, 1.165) is 52.1 Å². The van der Waals surface area contributed by atoms with Gasteiger partial charge in [-0.2, -0.15) is 4.57 Å². The number of nitrogens with zero attached hydrogens (tertiary/aromatic N) is 2. The monoisotopic (exact) mass is 568 g/mol. The van der Waals surface area contributed by atoms with Crippen molar-refractivity contribution in [2.24, 2.45) is 5.16 Å². The van der Waals surface area contributed by atoms with E-state index in [1.165, 1.54) is 16.7 Å². The van der Waals surface area contributed by atoms with E-state index in [0.29, 0.717) is 0 Å². The summed E-state index contributed by atoms with van der Waals surface area (Å²) < 4.78 is 37.3. The van der Waals surface area contributed by atoms with E-state index in [2.05, 4.69) is 92.4 Å². The van der Waals surface area contributed by atoms with E-state index < -0.39 is 10.2 Å². The molecule has 0 spiro atoms. The number of pyridine rings is 1. The van der Waals surface area contributed by atoms with Crippen LogP contribution in [0.15, 0.2) is 101 Å². The van der Waals surface area contributed by atoms with Crippen LogP contribution in [-0.2, 0) is 6.42 Å². The van der Waals surface area contributed by atoms with Crippen LogP contribution in [-0.4, -0.2) is 10.9 Å². The van der Waals surface area contributed by atoms with Gasteiger partial charge >= 0.3 is 0 Å². The highest BCUT2D eigenvalue weighted by molar-refractivity contribution is 9.10. The Hall–Kier alpha value is -3.11. The number of rotatable bonds is 3. The van der Waals surface area contributed by atoms with Crippen LogP contribution < -0.4 is 23.2 Å². The molecule has 9 heteroatoms. The normalized spacial score (nSPS) is 14.1. The molecule has 36 heavy (non-hydrogen) atoms. The van der Waals surface area contributed by atoms with Gasteiger partial charge in [0.15, 0.2) is 5.71 Å². The fraction of sp³-hybridized carbons (Fsp3) is 0.111. The Labute approximate surface area is 219 Å². The molecular formula is C27H22BrClN2O5. The fourth-order valence-electron chi connectivity index (χ4n) is 4.43. The number of halogens is 2. The van der Waals surface area contributed by atoms with Crippen LogP contribution >= 0.6 is 15.9 Å². The van der Waals surface area contributed by atoms with Crippen LogP contribution in [0.2, 0.25) is 0 Å². The second-order valence-electron chi connectivity index (χ2n) is 8.09. The molecule has 0 saturated heterocycles. The van der Waals surface area contributed by atoms with Crippen molar-refractivity contribution in [3.05, 3.63) is 107 Å². The Morgan fingerprint density at radius 2 is 1.33 bits per heavy atom. The Bertz CT molecular complexity index is 1350. The summed E-state index contributed by atoms with van der Waals surface area (Å²) in [5.41, 5.74) is 8.57. The topological polar surface area (TPSA) is 129 Å². The van der Waals surface area contributed by atoms with E-state index >= 15 is 0 Å². The smallest absolute Gasteiger partial charge is 0.240 e. The molecule has 0 bridgehead atoms. The van der Waals surface area contributed by atoms with Gasteiger partial charge in [0.25, 0.3) is 0 Å². The van der Waals surface area contributed by atoms with E-state index in [1.807, 2.05) is 24.3 Å². The molecule has 1 aliphatic rings. The molecule has 3 aromatic carbocycles. The van der Waals surface area contributed by atoms with E-state index in [4.69, 9.17) is 18.6 Å². The average molecular weight is 570 g/mol. The van der Waals surface area contributed by atoms with Crippen LogP contribution in [0.25, 0.3) is 28.1 Å². The molecule has 0 aliphatic heterocycles. The maximum Gasteiger partial charge on any atom is 0.240 e. The molecule has 0 saturated carbocycles. The summed E-state index contributed by atoms with van der Waals surface area (Å²) in [7, 11) is -4.94. The lowest BCUT2D eigenvalue weighted by Gasteiger charge is -2.21. The van der Waals surface area contributed by atoms with Gasteiger partial charge in [-0.3, -0.25) is 0 Å². The Kier molecular flexibility index (Phi) is 8.15. The lowest BCUT2D eigenvalue weighted by atomic mass is 9.86. The molecule has 0 radical (unpaired) electrons. The zero-order valence-corrected chi connectivity index (χ0v) is 21.4. The van der Waals surface area contributed by atoms with Crippen molar-refractivity contribution >= 4 is 21.6 Å². The third-order valence-corrected chi connectivity index (χ3v) is 6.36. The van der Waals surface area contributed by atoms with Gasteiger partial charge in [-0.05, 0) is 48.2 Å². The van der Waals surface area contributed by atoms with Gasteiger partial charge in [0, 0.05) is 40.2 Å². The van der Waals surface area contributed by atoms with Crippen molar-refractivity contribution in [1.29, 1.82) is 0 Å². The number of aromatic nitrogens is 1. The van der Waals surface area contributed by atoms with Gasteiger partial charge in [0.1, 0.15) is 0 Å². The second kappa shape index (κ2) is 11.3. The van der Waals surface area contributed by atoms with Crippen molar-refractivity contribution in [2.75, 3.05) is 0 Å². The largest absolute Gasteiger partial charge is 0.410 e. The molecule has 0 amide bonds. The van der Waals surface area contributed by atoms with Crippen molar-refractivity contribution in [2.45, 2.75) is 19.3 Å². The van der Waals surface area contributed by atoms with E-state index in [1.54, 1.807) is 0 Å². The molecule has 0 fully saturated rings. The number of hydrogen-bond acceptors (Lipinski definition) is 6. The first-order chi connectivity index (χ1) is 17.3. The summed E-state index contributed by atoms with van der Waals surface area (Å²) in [4.78, 5) is 0. The maximum atomic E-state index is 9.94. The Morgan fingerprint density at radius 1 is 0.778 bits per heavy atom. The lowest BCUT2D eigenvalue weighted by Crippen LogP contribution is -2.68. The summed E-state index contributed by atoms with van der Waals surface area (Å²) in [5.74, 6) is 0. The highest BCUT2D eigenvalue weighted by Crippen LogP contribution is 2.34. The molecule has 5 rings (SSSR count). The van der Waals surface area contributed by atoms with Crippen LogP contribution in [0, 0.1) is 10.2 Å². The molecule has 0 atom stereocenters. The highest BCUT2D eigenvalue weighted by Gasteiger charge is 2.34. The standard InChI is InChI=1S/C27H21BrN2O.ClHO4/c28-21-14-16-22(17-15-21)30-26(20-10-5-2-6-11-20)18-24(19-8-3-1-4-9-19)23-12-7-13-25(29-31)27(23)30;2-1(3,4)5/h1-6,8-11,14-18H,7,12-13H2;(H,2,3,4,5). The van der Waals surface area contributed by atoms with Crippen LogP contribution in [0.5, 0.6) is 0 Å². The molecule has 1 aliphatic carbocycles. The van der Waals surface area contributed by atoms with Gasteiger partial charge in [-0.25, -0.2) is 18.6 Å². The third-order valence-electron chi connectivity index (χ3n) is 5.83. The zero-order valence-electron chi connectivity index (χ0n) is 19.0. The fourth-order valence-corrected chi connectivity index (χ4v) is 4.70. The minimum absolute atomic E-state index is 0.735. The molecule has 184 valence electrons. The first kappa shape index (κ1) is 26.0. The summed E-state index contributed by atoms with van der Waals surface area (Å²) in [6.45, 7) is 0. The van der Waals surface area contributed by atoms with E-state index in [9.17, 15) is 5.21 Å². The SMILES string of the molecule is O/N=C1\CCCc2c(-c3ccccc3)cc(-c3ccccc3)[n+](-c3ccc(Br)cc3)c21.[O-][Cl+3]([O-])([O-])[O-]. The summed E-state index contributed by atoms with van der Waals surface area (Å²) in [6, 6.07) is 31.5. The van der Waals surface area contributed by atoms with Crippen molar-refractivity contribution in [3.8, 4) is 28.1 Å². The van der Waals surface area contributed by atoms with Crippen molar-refractivity contribution in [1.82, 2.24) is 0 Å². The first-order valence-corrected chi connectivity index (χ1v) is 13.1. The van der Waals surface area contributed by atoms with Crippen LogP contribution in [0.3, 0.4) is 0 Å². The van der Waals surface area contributed by atoms with Gasteiger partial charge in [-0.1, -0.05) is 69.6 Å². The predicted octanol–water partition coefficient (Wildman–Crippen LogP) is 1.82. The molecule has 7 nitrogen and oxygen atoms in total. The molecule has 1 aromatic heterocycles. The second-order valence-corrected chi connectivity index (χ2v) is 9.76. The van der Waals surface area contributed by atoms with Gasteiger partial charge in [0.2, 0.25) is 17.1 Å². The number of fused-ring (bicyclic) bond motifs is 1. The Balaban J connectivity index is 0.000000556. The van der Waals surface area contributed by atoms with E-state index in [-0.39, 0.29) is 0 Å². The lowest BCUT2D eigenvalue weighted by molar-refractivity contribution is -2.00. The quantitative estimate of drug-likeness (QED) is 0.229. The molecular weight excluding hydrogens is 548 g/mol. The number of benzene rings is 3. The van der Waals surface area contributed by atoms with Crippen LogP contribution in [0.1, 0.15) is 24.1 Å². The van der Waals surface area contributed by atoms with Gasteiger partial charge in [0.05, 0.1) is 0 Å². The summed E-state index contributed by atoms with van der Waals surface area (Å²) in [5, 5.41) is 13.7. The minimum Gasteiger partial charge on any atom is -0.410 e. The van der Waals surface area contributed by atoms with Crippen molar-refractivity contribution in [3.63, 3.8) is 0 Å². The summed E-state index contributed by atoms with van der Waals surface area (Å²) in [6.07, 6.45) is 2.67. The van der Waals surface area contributed by atoms with Gasteiger partial charge < -0.3 is 5.21 Å². The average Bonchev–Trinajstić information content (AvgIpc) is 2.88. The molecule has 0 unspecified atom stereocenters. The summed E-state index contributed by atoms with van der Waals surface area (Å²) >= 11 is 3.55. The van der Waals surface area contributed by atoms with Crippen molar-refractivity contribution < 1.29 is 38.7 Å². The molecule has 1 N–H and O–H groups in total. The Morgan fingerprint density at radius 3 is 1.89 bits per heavy atom. The highest BCUT2D eigenvalue weighted by atomic mass is 79.9. The van der Waals surface area contributed by atoms with Gasteiger partial charge in [-0.15, -0.1) is 10.2 Å². The first-order valence-electron chi connectivity index (χ1n) is 11.1. The third kappa shape index (κ3) is 6.17. The van der Waals surface area contributed by atoms with Crippen LogP contribution in [0.4, 0.5) is 0 Å². The molecule has 4 aromatic rings.